The van der Waals surface area contributed by atoms with E-state index in [0.29, 0.717) is 18.7 Å². The molecule has 3 atom stereocenters. The lowest BCUT2D eigenvalue weighted by molar-refractivity contribution is 0.0362. The van der Waals surface area contributed by atoms with Crippen molar-refractivity contribution in [1.82, 2.24) is 15.1 Å². The normalized spacial score (nSPS) is 33.9. The molecule has 0 aromatic carbocycles. The van der Waals surface area contributed by atoms with E-state index in [0.717, 1.165) is 24.9 Å². The van der Waals surface area contributed by atoms with E-state index in [2.05, 4.69) is 22.2 Å². The zero-order valence-electron chi connectivity index (χ0n) is 12.9. The maximum Gasteiger partial charge on any atom is 0.0585 e. The first kappa shape index (κ1) is 14.8. The zero-order chi connectivity index (χ0) is 13.9. The van der Waals surface area contributed by atoms with Crippen LogP contribution in [0.15, 0.2) is 0 Å². The van der Waals surface area contributed by atoms with Crippen molar-refractivity contribution in [2.24, 2.45) is 5.92 Å². The SMILES string of the molecule is CN1CCCC2CN(CCC(CO)NC3CC3)CCC21. The average Bonchev–Trinajstić information content (AvgIpc) is 3.27. The zero-order valence-corrected chi connectivity index (χ0v) is 12.9. The Bertz CT molecular complexity index is 308. The molecule has 2 N–H and O–H groups in total. The van der Waals surface area contributed by atoms with Gasteiger partial charge in [-0.25, -0.2) is 0 Å². The molecule has 1 saturated carbocycles. The number of hydrogen-bond acceptors (Lipinski definition) is 4. The van der Waals surface area contributed by atoms with Crippen molar-refractivity contribution < 1.29 is 5.11 Å². The molecule has 0 spiro atoms. The average molecular weight is 281 g/mol. The molecule has 2 aliphatic heterocycles. The summed E-state index contributed by atoms with van der Waals surface area (Å²) in [6, 6.07) is 1.84. The Morgan fingerprint density at radius 3 is 2.80 bits per heavy atom. The van der Waals surface area contributed by atoms with E-state index in [4.69, 9.17) is 0 Å². The fourth-order valence-corrected chi connectivity index (χ4v) is 4.08. The molecule has 3 fully saturated rings. The third-order valence-electron chi connectivity index (χ3n) is 5.49. The lowest BCUT2D eigenvalue weighted by Gasteiger charge is -2.46. The van der Waals surface area contributed by atoms with Crippen molar-refractivity contribution in [2.75, 3.05) is 39.8 Å². The maximum atomic E-state index is 9.47. The van der Waals surface area contributed by atoms with Gasteiger partial charge in [-0.2, -0.15) is 0 Å². The highest BCUT2D eigenvalue weighted by Crippen LogP contribution is 2.29. The van der Waals surface area contributed by atoms with Crippen LogP contribution in [0, 0.1) is 5.92 Å². The highest BCUT2D eigenvalue weighted by Gasteiger charge is 2.34. The molecular weight excluding hydrogens is 250 g/mol. The van der Waals surface area contributed by atoms with Crippen molar-refractivity contribution in [2.45, 2.75) is 56.7 Å². The fourth-order valence-electron chi connectivity index (χ4n) is 4.08. The topological polar surface area (TPSA) is 38.7 Å². The molecule has 3 rings (SSSR count). The fraction of sp³-hybridized carbons (Fsp3) is 1.00. The molecule has 4 nitrogen and oxygen atoms in total. The molecule has 2 saturated heterocycles. The van der Waals surface area contributed by atoms with Gasteiger partial charge in [-0.3, -0.25) is 0 Å². The van der Waals surface area contributed by atoms with Gasteiger partial charge in [0, 0.05) is 24.7 Å². The molecule has 3 unspecified atom stereocenters. The minimum Gasteiger partial charge on any atom is -0.395 e. The van der Waals surface area contributed by atoms with Crippen molar-refractivity contribution in [1.29, 1.82) is 0 Å². The largest absolute Gasteiger partial charge is 0.395 e. The summed E-state index contributed by atoms with van der Waals surface area (Å²) in [6.45, 7) is 5.25. The van der Waals surface area contributed by atoms with Crippen LogP contribution < -0.4 is 5.32 Å². The lowest BCUT2D eigenvalue weighted by Crippen LogP contribution is -2.53. The van der Waals surface area contributed by atoms with E-state index < -0.39 is 0 Å². The Morgan fingerprint density at radius 1 is 1.20 bits per heavy atom. The first-order valence-electron chi connectivity index (χ1n) is 8.55. The molecule has 3 aliphatic rings. The second kappa shape index (κ2) is 6.73. The first-order chi connectivity index (χ1) is 9.76. The molecule has 20 heavy (non-hydrogen) atoms. The number of hydrogen-bond donors (Lipinski definition) is 2. The van der Waals surface area contributed by atoms with E-state index in [-0.39, 0.29) is 0 Å². The molecule has 4 heteroatoms. The van der Waals surface area contributed by atoms with Gasteiger partial charge < -0.3 is 20.2 Å². The second-order valence-corrected chi connectivity index (χ2v) is 7.15. The Morgan fingerprint density at radius 2 is 2.05 bits per heavy atom. The van der Waals surface area contributed by atoms with E-state index in [9.17, 15) is 5.11 Å². The van der Waals surface area contributed by atoms with Crippen LogP contribution in [0.4, 0.5) is 0 Å². The minimum atomic E-state index is 0.291. The molecule has 2 heterocycles. The minimum absolute atomic E-state index is 0.291. The van der Waals surface area contributed by atoms with Crippen molar-refractivity contribution in [3.63, 3.8) is 0 Å². The van der Waals surface area contributed by atoms with Gasteiger partial charge in [0.25, 0.3) is 0 Å². The number of likely N-dealkylation sites (tertiary alicyclic amines) is 2. The van der Waals surface area contributed by atoms with Gasteiger partial charge in [-0.1, -0.05) is 0 Å². The third kappa shape index (κ3) is 3.73. The third-order valence-corrected chi connectivity index (χ3v) is 5.49. The van der Waals surface area contributed by atoms with Crippen LogP contribution in [0.5, 0.6) is 0 Å². The van der Waals surface area contributed by atoms with Crippen LogP contribution in [0.3, 0.4) is 0 Å². The summed E-state index contributed by atoms with van der Waals surface area (Å²) in [6.07, 6.45) is 7.82. The van der Waals surface area contributed by atoms with E-state index in [1.807, 2.05) is 0 Å². The van der Waals surface area contributed by atoms with Crippen LogP contribution in [0.1, 0.15) is 38.5 Å². The van der Waals surface area contributed by atoms with Crippen LogP contribution >= 0.6 is 0 Å². The Hall–Kier alpha value is -0.160. The predicted octanol–water partition coefficient (Wildman–Crippen LogP) is 0.906. The highest BCUT2D eigenvalue weighted by molar-refractivity contribution is 4.90. The molecule has 0 aromatic rings. The summed E-state index contributed by atoms with van der Waals surface area (Å²) >= 11 is 0. The number of aliphatic hydroxyl groups is 1. The number of aliphatic hydroxyl groups excluding tert-OH is 1. The number of nitrogens with one attached hydrogen (secondary N) is 1. The summed E-state index contributed by atoms with van der Waals surface area (Å²) in [5.74, 6) is 0.881. The smallest absolute Gasteiger partial charge is 0.0585 e. The van der Waals surface area contributed by atoms with Crippen LogP contribution in [-0.2, 0) is 0 Å². The van der Waals surface area contributed by atoms with Crippen LogP contribution in [0.25, 0.3) is 0 Å². The summed E-state index contributed by atoms with van der Waals surface area (Å²) in [5.41, 5.74) is 0. The van der Waals surface area contributed by atoms with Crippen LogP contribution in [0.2, 0.25) is 0 Å². The number of fused-ring (bicyclic) bond motifs is 1. The van der Waals surface area contributed by atoms with Crippen molar-refractivity contribution in [3.05, 3.63) is 0 Å². The van der Waals surface area contributed by atoms with Crippen molar-refractivity contribution >= 4 is 0 Å². The van der Waals surface area contributed by atoms with Gasteiger partial charge in [0.1, 0.15) is 0 Å². The lowest BCUT2D eigenvalue weighted by atomic mass is 9.84. The standard InChI is InChI=1S/C16H31N3O/c1-18-8-2-3-13-11-19(10-7-16(13)18)9-6-15(12-20)17-14-4-5-14/h13-17,20H,2-12H2,1H3. The molecule has 1 aliphatic carbocycles. The molecular formula is C16H31N3O. The first-order valence-corrected chi connectivity index (χ1v) is 8.55. The molecule has 0 aromatic heterocycles. The van der Waals surface area contributed by atoms with Gasteiger partial charge in [0.2, 0.25) is 0 Å². The van der Waals surface area contributed by atoms with Gasteiger partial charge in [0.15, 0.2) is 0 Å². The number of rotatable bonds is 6. The predicted molar refractivity (Wildman–Crippen MR) is 81.8 cm³/mol. The van der Waals surface area contributed by atoms with E-state index >= 15 is 0 Å². The maximum absolute atomic E-state index is 9.47. The summed E-state index contributed by atoms with van der Waals surface area (Å²) in [7, 11) is 2.30. The van der Waals surface area contributed by atoms with E-state index in [1.165, 1.54) is 51.7 Å². The van der Waals surface area contributed by atoms with Gasteiger partial charge in [-0.15, -0.1) is 0 Å². The molecule has 0 bridgehead atoms. The monoisotopic (exact) mass is 281 g/mol. The molecule has 0 amide bonds. The highest BCUT2D eigenvalue weighted by atomic mass is 16.3. The summed E-state index contributed by atoms with van der Waals surface area (Å²) in [4.78, 5) is 5.22. The van der Waals surface area contributed by atoms with Crippen LogP contribution in [-0.4, -0.2) is 72.9 Å². The Balaban J connectivity index is 1.42. The molecule has 116 valence electrons. The van der Waals surface area contributed by atoms with E-state index in [1.54, 1.807) is 0 Å². The summed E-state index contributed by atoms with van der Waals surface area (Å²) < 4.78 is 0. The van der Waals surface area contributed by atoms with Crippen molar-refractivity contribution in [3.8, 4) is 0 Å². The Kier molecular flexibility index (Phi) is 4.97. The van der Waals surface area contributed by atoms with Gasteiger partial charge >= 0.3 is 0 Å². The quantitative estimate of drug-likeness (QED) is 0.759. The van der Waals surface area contributed by atoms with Gasteiger partial charge in [0.05, 0.1) is 6.61 Å². The van der Waals surface area contributed by atoms with Gasteiger partial charge in [-0.05, 0) is 71.1 Å². The number of nitrogens with zero attached hydrogens (tertiary/aromatic N) is 2. The Labute approximate surface area is 123 Å². The second-order valence-electron chi connectivity index (χ2n) is 7.15. The molecule has 0 radical (unpaired) electrons. The summed E-state index contributed by atoms with van der Waals surface area (Å²) in [5, 5.41) is 13.0. The number of piperidine rings is 2.